The lowest BCUT2D eigenvalue weighted by Crippen LogP contribution is -2.57. The van der Waals surface area contributed by atoms with Crippen LogP contribution >= 0.6 is 11.3 Å². The average molecular weight is 557 g/mol. The van der Waals surface area contributed by atoms with Gasteiger partial charge in [0.1, 0.15) is 5.75 Å². The number of amides is 4. The Morgan fingerprint density at radius 1 is 1.10 bits per heavy atom. The summed E-state index contributed by atoms with van der Waals surface area (Å²) < 4.78 is 5.28. The zero-order valence-electron chi connectivity index (χ0n) is 23.0. The van der Waals surface area contributed by atoms with Gasteiger partial charge in [0.05, 0.1) is 18.8 Å². The first kappa shape index (κ1) is 28.5. The zero-order chi connectivity index (χ0) is 28.3. The molecule has 1 saturated carbocycles. The van der Waals surface area contributed by atoms with E-state index >= 15 is 0 Å². The number of carbonyl (C=O) groups excluding carboxylic acids is 4. The van der Waals surface area contributed by atoms with Crippen LogP contribution in [0.5, 0.6) is 5.75 Å². The predicted octanol–water partition coefficient (Wildman–Crippen LogP) is 1.56. The van der Waals surface area contributed by atoms with Crippen molar-refractivity contribution >= 4 is 40.7 Å². The summed E-state index contributed by atoms with van der Waals surface area (Å²) in [6.45, 7) is 3.52. The van der Waals surface area contributed by atoms with Gasteiger partial charge in [0.25, 0.3) is 5.91 Å². The van der Waals surface area contributed by atoms with Gasteiger partial charge >= 0.3 is 11.8 Å². The molecule has 1 aromatic heterocycles. The molecule has 2 aliphatic rings. The lowest BCUT2D eigenvalue weighted by atomic mass is 9.81. The second-order valence-electron chi connectivity index (χ2n) is 10.4. The smallest absolute Gasteiger partial charge is 0.313 e. The summed E-state index contributed by atoms with van der Waals surface area (Å²) in [7, 11) is 6.97. The van der Waals surface area contributed by atoms with E-state index < -0.39 is 23.9 Å². The number of methoxy groups -OCH3 is 1. The van der Waals surface area contributed by atoms with Gasteiger partial charge in [-0.15, -0.1) is 11.3 Å². The van der Waals surface area contributed by atoms with Crippen molar-refractivity contribution in [1.82, 2.24) is 25.4 Å². The van der Waals surface area contributed by atoms with E-state index in [1.165, 1.54) is 23.3 Å². The van der Waals surface area contributed by atoms with Crippen LogP contribution in [0.4, 0.5) is 5.69 Å². The monoisotopic (exact) mass is 556 g/mol. The molecule has 0 saturated heterocycles. The number of aromatic nitrogens is 1. The van der Waals surface area contributed by atoms with E-state index in [-0.39, 0.29) is 17.7 Å². The molecule has 1 aliphatic heterocycles. The van der Waals surface area contributed by atoms with Crippen molar-refractivity contribution < 1.29 is 23.9 Å². The summed E-state index contributed by atoms with van der Waals surface area (Å²) in [6.07, 6.45) is 2.10. The second-order valence-corrected chi connectivity index (χ2v) is 11.5. The molecule has 12 heteroatoms. The molecule has 4 rings (SSSR count). The summed E-state index contributed by atoms with van der Waals surface area (Å²) in [6, 6.07) is 4.06. The highest BCUT2D eigenvalue weighted by molar-refractivity contribution is 7.13. The lowest BCUT2D eigenvalue weighted by Gasteiger charge is -2.37. The number of ether oxygens (including phenoxy) is 1. The fraction of sp³-hybridized carbons (Fsp3) is 0.519. The highest BCUT2D eigenvalue weighted by Gasteiger charge is 2.37. The van der Waals surface area contributed by atoms with Crippen molar-refractivity contribution in [1.29, 1.82) is 0 Å². The van der Waals surface area contributed by atoms with Gasteiger partial charge in [-0.25, -0.2) is 4.98 Å². The minimum absolute atomic E-state index is 0.0298. The number of hydrogen-bond donors (Lipinski definition) is 3. The van der Waals surface area contributed by atoms with Crippen molar-refractivity contribution in [3.05, 3.63) is 39.3 Å². The predicted molar refractivity (Wildman–Crippen MR) is 148 cm³/mol. The zero-order valence-corrected chi connectivity index (χ0v) is 23.8. The molecule has 0 spiro atoms. The number of nitrogens with zero attached hydrogens (tertiary/aromatic N) is 3. The SMILES string of the molecule is COc1cc(NC(=O)C(=O)N[C@H]2CC[C@H](C(=O)N(C)C)C[C@H]2NC(=O)c2nc3c(s2)CN(C)CC3)ccc1C. The van der Waals surface area contributed by atoms with E-state index in [1.54, 1.807) is 32.3 Å². The number of thiazole rings is 1. The Balaban J connectivity index is 1.46. The van der Waals surface area contributed by atoms with Crippen LogP contribution in [0.15, 0.2) is 18.2 Å². The Labute approximate surface area is 232 Å². The summed E-state index contributed by atoms with van der Waals surface area (Å²) >= 11 is 1.37. The molecule has 2 aromatic rings. The molecule has 39 heavy (non-hydrogen) atoms. The van der Waals surface area contributed by atoms with Gasteiger partial charge in [-0.05, 0) is 44.9 Å². The van der Waals surface area contributed by atoms with Gasteiger partial charge in [-0.2, -0.15) is 0 Å². The molecule has 11 nitrogen and oxygen atoms in total. The first-order chi connectivity index (χ1) is 18.5. The number of aryl methyl sites for hydroxylation is 1. The fourth-order valence-corrected chi connectivity index (χ4v) is 6.15. The van der Waals surface area contributed by atoms with Gasteiger partial charge in [0.2, 0.25) is 5.91 Å². The van der Waals surface area contributed by atoms with Crippen LogP contribution in [-0.2, 0) is 27.3 Å². The van der Waals surface area contributed by atoms with Gasteiger partial charge in [-0.3, -0.25) is 19.2 Å². The standard InChI is InChI=1S/C27H36N6O5S/c1-15-6-8-17(13-21(15)38-5)28-23(34)24(35)29-18-9-7-16(27(37)32(2)3)12-20(18)30-25(36)26-31-19-10-11-33(4)14-22(19)39-26/h6,8,13,16,18,20H,7,9-12,14H2,1-5H3,(H,28,34)(H,29,35)(H,30,36)/t16-,18-,20+/m0/s1. The molecule has 2 heterocycles. The number of fused-ring (bicyclic) bond motifs is 1. The quantitative estimate of drug-likeness (QED) is 0.460. The summed E-state index contributed by atoms with van der Waals surface area (Å²) in [5.74, 6) is -1.72. The highest BCUT2D eigenvalue weighted by Crippen LogP contribution is 2.28. The van der Waals surface area contributed by atoms with E-state index in [0.717, 1.165) is 35.6 Å². The molecule has 1 aromatic carbocycles. The lowest BCUT2D eigenvalue weighted by molar-refractivity contribution is -0.137. The summed E-state index contributed by atoms with van der Waals surface area (Å²) in [5, 5.41) is 8.75. The maximum atomic E-state index is 13.2. The third kappa shape index (κ3) is 6.74. The molecular formula is C27H36N6O5S. The van der Waals surface area contributed by atoms with E-state index in [1.807, 2.05) is 14.0 Å². The second kappa shape index (κ2) is 12.1. The van der Waals surface area contributed by atoms with Gasteiger partial charge in [-0.1, -0.05) is 6.07 Å². The van der Waals surface area contributed by atoms with E-state index in [0.29, 0.717) is 35.7 Å². The van der Waals surface area contributed by atoms with Crippen LogP contribution in [0, 0.1) is 12.8 Å². The van der Waals surface area contributed by atoms with Crippen LogP contribution in [-0.4, -0.2) is 85.3 Å². The Morgan fingerprint density at radius 3 is 2.59 bits per heavy atom. The molecular weight excluding hydrogens is 520 g/mol. The molecule has 1 fully saturated rings. The van der Waals surface area contributed by atoms with Crippen molar-refractivity contribution in [2.45, 2.75) is 51.2 Å². The van der Waals surface area contributed by atoms with Crippen molar-refractivity contribution in [3.8, 4) is 5.75 Å². The summed E-state index contributed by atoms with van der Waals surface area (Å²) in [5.41, 5.74) is 2.28. The Bertz CT molecular complexity index is 1260. The third-order valence-electron chi connectivity index (χ3n) is 7.26. The van der Waals surface area contributed by atoms with Gasteiger partial charge in [0.15, 0.2) is 5.01 Å². The maximum Gasteiger partial charge on any atom is 0.313 e. The highest BCUT2D eigenvalue weighted by atomic mass is 32.1. The van der Waals surface area contributed by atoms with Crippen LogP contribution in [0.3, 0.4) is 0 Å². The van der Waals surface area contributed by atoms with E-state index in [2.05, 4.69) is 25.8 Å². The van der Waals surface area contributed by atoms with Crippen molar-refractivity contribution in [2.75, 3.05) is 40.1 Å². The molecule has 0 bridgehead atoms. The van der Waals surface area contributed by atoms with E-state index in [4.69, 9.17) is 4.74 Å². The van der Waals surface area contributed by atoms with Crippen LogP contribution in [0.2, 0.25) is 0 Å². The van der Waals surface area contributed by atoms with Crippen molar-refractivity contribution in [3.63, 3.8) is 0 Å². The number of hydrogen-bond acceptors (Lipinski definition) is 8. The molecule has 0 radical (unpaired) electrons. The number of rotatable bonds is 6. The molecule has 3 N–H and O–H groups in total. The summed E-state index contributed by atoms with van der Waals surface area (Å²) in [4.78, 5) is 60.9. The number of carbonyl (C=O) groups is 4. The molecule has 1 aliphatic carbocycles. The third-order valence-corrected chi connectivity index (χ3v) is 8.34. The first-order valence-electron chi connectivity index (χ1n) is 13.0. The number of likely N-dealkylation sites (N-methyl/N-ethyl adjacent to an activating group) is 1. The Hall–Kier alpha value is -3.51. The van der Waals surface area contributed by atoms with Gasteiger partial charge in [0, 0.05) is 62.2 Å². The topological polar surface area (TPSA) is 133 Å². The maximum absolute atomic E-state index is 13.2. The normalized spacial score (nSPS) is 20.9. The fourth-order valence-electron chi connectivity index (χ4n) is 5.06. The number of anilines is 1. The van der Waals surface area contributed by atoms with Gasteiger partial charge < -0.3 is 30.5 Å². The first-order valence-corrected chi connectivity index (χ1v) is 13.8. The van der Waals surface area contributed by atoms with Crippen molar-refractivity contribution in [2.24, 2.45) is 5.92 Å². The minimum Gasteiger partial charge on any atom is -0.496 e. The molecule has 3 atom stereocenters. The molecule has 4 amide bonds. The van der Waals surface area contributed by atoms with Crippen LogP contribution < -0.4 is 20.7 Å². The minimum atomic E-state index is -0.825. The number of nitrogens with one attached hydrogen (secondary N) is 3. The Kier molecular flexibility index (Phi) is 8.86. The largest absolute Gasteiger partial charge is 0.496 e. The van der Waals surface area contributed by atoms with Crippen LogP contribution in [0.1, 0.15) is 45.2 Å². The number of benzene rings is 1. The molecule has 210 valence electrons. The average Bonchev–Trinajstić information content (AvgIpc) is 3.33. The molecule has 0 unspecified atom stereocenters. The van der Waals surface area contributed by atoms with Crippen LogP contribution in [0.25, 0.3) is 0 Å². The van der Waals surface area contributed by atoms with E-state index in [9.17, 15) is 19.2 Å². The Morgan fingerprint density at radius 2 is 1.87 bits per heavy atom.